The maximum absolute atomic E-state index is 5.08. The zero-order valence-corrected chi connectivity index (χ0v) is 12.8. The lowest BCUT2D eigenvalue weighted by Gasteiger charge is -2.09. The number of methoxy groups -OCH3 is 1. The van der Waals surface area contributed by atoms with E-state index < -0.39 is 0 Å². The van der Waals surface area contributed by atoms with E-state index in [1.165, 1.54) is 12.1 Å². The summed E-state index contributed by atoms with van der Waals surface area (Å²) in [5.74, 6) is 0.708. The standard InChI is InChI=1S/C14H28N4O/c1-12(2)7-8-14-13(11-15-3)16-17-18(14)9-5-6-10-19-4/h12,15H,5-11H2,1-4H3. The molecular formula is C14H28N4O. The second-order valence-corrected chi connectivity index (χ2v) is 5.37. The molecule has 0 unspecified atom stereocenters. The topological polar surface area (TPSA) is 52.0 Å². The molecule has 1 rings (SSSR count). The average Bonchev–Trinajstić information content (AvgIpc) is 2.75. The maximum atomic E-state index is 5.08. The lowest BCUT2D eigenvalue weighted by molar-refractivity contribution is 0.190. The van der Waals surface area contributed by atoms with Crippen molar-refractivity contribution in [2.75, 3.05) is 20.8 Å². The highest BCUT2D eigenvalue weighted by molar-refractivity contribution is 5.10. The minimum atomic E-state index is 0.708. The van der Waals surface area contributed by atoms with Crippen LogP contribution in [0.1, 0.15) is 44.5 Å². The number of hydrogen-bond acceptors (Lipinski definition) is 4. The first kappa shape index (κ1) is 16.1. The summed E-state index contributed by atoms with van der Waals surface area (Å²) in [5.41, 5.74) is 2.38. The van der Waals surface area contributed by atoms with Gasteiger partial charge in [-0.05, 0) is 38.6 Å². The van der Waals surface area contributed by atoms with E-state index in [2.05, 4.69) is 34.2 Å². The smallest absolute Gasteiger partial charge is 0.0996 e. The van der Waals surface area contributed by atoms with Crippen LogP contribution in [-0.2, 0) is 24.2 Å². The van der Waals surface area contributed by atoms with Crippen molar-refractivity contribution >= 4 is 0 Å². The fourth-order valence-electron chi connectivity index (χ4n) is 2.06. The molecule has 5 nitrogen and oxygen atoms in total. The van der Waals surface area contributed by atoms with Crippen molar-refractivity contribution in [3.63, 3.8) is 0 Å². The van der Waals surface area contributed by atoms with E-state index in [0.29, 0.717) is 5.92 Å². The Hall–Kier alpha value is -0.940. The van der Waals surface area contributed by atoms with Gasteiger partial charge >= 0.3 is 0 Å². The molecule has 1 aromatic heterocycles. The van der Waals surface area contributed by atoms with E-state index in [4.69, 9.17) is 4.74 Å². The zero-order chi connectivity index (χ0) is 14.1. The summed E-state index contributed by atoms with van der Waals surface area (Å²) in [6.45, 7) is 7.06. The Kier molecular flexibility index (Phi) is 7.67. The van der Waals surface area contributed by atoms with Gasteiger partial charge in [-0.25, -0.2) is 4.68 Å². The summed E-state index contributed by atoms with van der Waals surface area (Å²) < 4.78 is 7.15. The fraction of sp³-hybridized carbons (Fsp3) is 0.857. The van der Waals surface area contributed by atoms with Gasteiger partial charge in [0.2, 0.25) is 0 Å². The molecule has 0 aliphatic carbocycles. The lowest BCUT2D eigenvalue weighted by Crippen LogP contribution is -2.11. The van der Waals surface area contributed by atoms with Crippen molar-refractivity contribution in [3.8, 4) is 0 Å². The van der Waals surface area contributed by atoms with Crippen LogP contribution in [-0.4, -0.2) is 35.8 Å². The highest BCUT2D eigenvalue weighted by Crippen LogP contribution is 2.13. The van der Waals surface area contributed by atoms with Crippen molar-refractivity contribution in [2.45, 2.75) is 52.6 Å². The molecule has 110 valence electrons. The first-order valence-corrected chi connectivity index (χ1v) is 7.23. The number of rotatable bonds is 10. The Balaban J connectivity index is 2.61. The van der Waals surface area contributed by atoms with E-state index in [-0.39, 0.29) is 0 Å². The molecule has 1 heterocycles. The van der Waals surface area contributed by atoms with Crippen LogP contribution >= 0.6 is 0 Å². The molecule has 0 aliphatic heterocycles. The van der Waals surface area contributed by atoms with E-state index in [1.807, 2.05) is 7.05 Å². The van der Waals surface area contributed by atoms with E-state index >= 15 is 0 Å². The lowest BCUT2D eigenvalue weighted by atomic mass is 10.1. The molecule has 0 radical (unpaired) electrons. The van der Waals surface area contributed by atoms with Crippen molar-refractivity contribution < 1.29 is 4.74 Å². The third-order valence-electron chi connectivity index (χ3n) is 3.19. The van der Waals surface area contributed by atoms with Gasteiger partial charge in [-0.1, -0.05) is 19.1 Å². The number of aromatic nitrogens is 3. The van der Waals surface area contributed by atoms with Crippen LogP contribution in [0.25, 0.3) is 0 Å². The number of nitrogens with one attached hydrogen (secondary N) is 1. The minimum absolute atomic E-state index is 0.708. The predicted octanol–water partition coefficient (Wildman–Crippen LogP) is 2.01. The van der Waals surface area contributed by atoms with Crippen LogP contribution in [0.15, 0.2) is 0 Å². The van der Waals surface area contributed by atoms with Crippen LogP contribution < -0.4 is 5.32 Å². The summed E-state index contributed by atoms with van der Waals surface area (Å²) in [6, 6.07) is 0. The Bertz CT molecular complexity index is 349. The number of ether oxygens (including phenoxy) is 1. The summed E-state index contributed by atoms with van der Waals surface area (Å²) >= 11 is 0. The van der Waals surface area contributed by atoms with E-state index in [1.54, 1.807) is 7.11 Å². The quantitative estimate of drug-likeness (QED) is 0.660. The molecule has 0 aromatic carbocycles. The SMILES string of the molecule is CNCc1nnn(CCCCOC)c1CCC(C)C. The highest BCUT2D eigenvalue weighted by atomic mass is 16.5. The molecule has 0 saturated carbocycles. The average molecular weight is 268 g/mol. The third-order valence-corrected chi connectivity index (χ3v) is 3.19. The molecule has 0 amide bonds. The van der Waals surface area contributed by atoms with Crippen LogP contribution in [0.3, 0.4) is 0 Å². The number of hydrogen-bond donors (Lipinski definition) is 1. The molecule has 0 atom stereocenters. The molecule has 1 N–H and O–H groups in total. The largest absolute Gasteiger partial charge is 0.385 e. The Morgan fingerprint density at radius 1 is 1.32 bits per heavy atom. The molecule has 0 saturated heterocycles. The first-order valence-electron chi connectivity index (χ1n) is 7.23. The van der Waals surface area contributed by atoms with E-state index in [9.17, 15) is 0 Å². The monoisotopic (exact) mass is 268 g/mol. The molecule has 0 aliphatic rings. The van der Waals surface area contributed by atoms with Crippen LogP contribution in [0.4, 0.5) is 0 Å². The fourth-order valence-corrected chi connectivity index (χ4v) is 2.06. The van der Waals surface area contributed by atoms with Gasteiger partial charge in [0, 0.05) is 26.8 Å². The molecular weight excluding hydrogens is 240 g/mol. The van der Waals surface area contributed by atoms with Gasteiger partial charge in [0.05, 0.1) is 11.4 Å². The molecule has 5 heteroatoms. The normalized spacial score (nSPS) is 11.4. The van der Waals surface area contributed by atoms with Crippen molar-refractivity contribution in [1.29, 1.82) is 0 Å². The molecule has 19 heavy (non-hydrogen) atoms. The van der Waals surface area contributed by atoms with Gasteiger partial charge < -0.3 is 10.1 Å². The molecule has 0 fully saturated rings. The Morgan fingerprint density at radius 2 is 2.11 bits per heavy atom. The molecule has 0 bridgehead atoms. The Morgan fingerprint density at radius 3 is 2.74 bits per heavy atom. The van der Waals surface area contributed by atoms with Gasteiger partial charge in [0.15, 0.2) is 0 Å². The zero-order valence-electron chi connectivity index (χ0n) is 12.8. The second-order valence-electron chi connectivity index (χ2n) is 5.37. The summed E-state index contributed by atoms with van der Waals surface area (Å²) in [5, 5.41) is 11.8. The maximum Gasteiger partial charge on any atom is 0.0996 e. The number of unbranched alkanes of at least 4 members (excludes halogenated alkanes) is 1. The van der Waals surface area contributed by atoms with E-state index in [0.717, 1.165) is 44.7 Å². The first-order chi connectivity index (χ1) is 9.19. The number of aryl methyl sites for hydroxylation is 1. The highest BCUT2D eigenvalue weighted by Gasteiger charge is 2.12. The van der Waals surface area contributed by atoms with Gasteiger partial charge in [-0.15, -0.1) is 5.10 Å². The van der Waals surface area contributed by atoms with Gasteiger partial charge in [0.1, 0.15) is 0 Å². The van der Waals surface area contributed by atoms with Crippen molar-refractivity contribution in [2.24, 2.45) is 5.92 Å². The third kappa shape index (κ3) is 5.70. The minimum Gasteiger partial charge on any atom is -0.385 e. The van der Waals surface area contributed by atoms with Gasteiger partial charge in [0.25, 0.3) is 0 Å². The van der Waals surface area contributed by atoms with Gasteiger partial charge in [-0.2, -0.15) is 0 Å². The second kappa shape index (κ2) is 9.04. The predicted molar refractivity (Wildman–Crippen MR) is 77.1 cm³/mol. The molecule has 0 spiro atoms. The molecule has 1 aromatic rings. The van der Waals surface area contributed by atoms with Crippen LogP contribution in [0.5, 0.6) is 0 Å². The van der Waals surface area contributed by atoms with Crippen molar-refractivity contribution in [3.05, 3.63) is 11.4 Å². The van der Waals surface area contributed by atoms with Crippen LogP contribution in [0, 0.1) is 5.92 Å². The van der Waals surface area contributed by atoms with Crippen molar-refractivity contribution in [1.82, 2.24) is 20.3 Å². The van der Waals surface area contributed by atoms with Crippen LogP contribution in [0.2, 0.25) is 0 Å². The number of nitrogens with zero attached hydrogens (tertiary/aromatic N) is 3. The summed E-state index contributed by atoms with van der Waals surface area (Å²) in [6.07, 6.45) is 4.40. The summed E-state index contributed by atoms with van der Waals surface area (Å²) in [7, 11) is 3.69. The van der Waals surface area contributed by atoms with Gasteiger partial charge in [-0.3, -0.25) is 0 Å². The summed E-state index contributed by atoms with van der Waals surface area (Å²) in [4.78, 5) is 0. The Labute approximate surface area is 116 Å².